The number of amides is 1. The number of nitrogens with one attached hydrogen (secondary N) is 3. The van der Waals surface area contributed by atoms with E-state index in [1.165, 1.54) is 0 Å². The molecule has 1 aromatic carbocycles. The third kappa shape index (κ3) is 3.58. The zero-order valence-electron chi connectivity index (χ0n) is 14.1. The fourth-order valence-electron chi connectivity index (χ4n) is 3.16. The molecule has 0 radical (unpaired) electrons. The number of nitrogens with zero attached hydrogens (tertiary/aromatic N) is 5. The Morgan fingerprint density at radius 1 is 1.27 bits per heavy atom. The van der Waals surface area contributed by atoms with E-state index in [0.29, 0.717) is 12.4 Å². The van der Waals surface area contributed by atoms with Crippen LogP contribution in [0.5, 0.6) is 0 Å². The molecule has 10 heteroatoms. The van der Waals surface area contributed by atoms with Crippen molar-refractivity contribution in [3.05, 3.63) is 42.2 Å². The van der Waals surface area contributed by atoms with Crippen molar-refractivity contribution in [2.45, 2.75) is 5.92 Å². The fourth-order valence-corrected chi connectivity index (χ4v) is 3.16. The van der Waals surface area contributed by atoms with Crippen LogP contribution in [-0.2, 0) is 11.8 Å². The Labute approximate surface area is 156 Å². The highest BCUT2D eigenvalue weighted by molar-refractivity contribution is 5.93. The van der Waals surface area contributed by atoms with E-state index in [4.69, 9.17) is 0 Å². The molecule has 0 saturated carbocycles. The van der Waals surface area contributed by atoms with Crippen molar-refractivity contribution in [1.82, 2.24) is 35.7 Å². The molecule has 3 N–H and O–H groups in total. The van der Waals surface area contributed by atoms with Gasteiger partial charge in [0, 0.05) is 43.5 Å². The van der Waals surface area contributed by atoms with E-state index in [2.05, 4.69) is 36.4 Å². The molecule has 136 valence electrons. The number of halogens is 1. The van der Waals surface area contributed by atoms with Crippen LogP contribution in [0.1, 0.15) is 11.5 Å². The smallest absolute Gasteiger partial charge is 0.229 e. The van der Waals surface area contributed by atoms with E-state index in [0.717, 1.165) is 23.4 Å². The molecule has 0 spiro atoms. The van der Waals surface area contributed by atoms with E-state index in [1.807, 2.05) is 43.7 Å². The topological polar surface area (TPSA) is 113 Å². The van der Waals surface area contributed by atoms with Gasteiger partial charge in [-0.15, -0.1) is 22.6 Å². The summed E-state index contributed by atoms with van der Waals surface area (Å²) in [6, 6.07) is 7.38. The monoisotopic (exact) mass is 374 g/mol. The number of anilines is 1. The van der Waals surface area contributed by atoms with Gasteiger partial charge in [0.1, 0.15) is 0 Å². The second-order valence-electron chi connectivity index (χ2n) is 6.12. The van der Waals surface area contributed by atoms with Crippen molar-refractivity contribution < 1.29 is 4.79 Å². The Balaban J connectivity index is 0.00000196. The first-order chi connectivity index (χ1) is 12.2. The van der Waals surface area contributed by atoms with E-state index in [-0.39, 0.29) is 30.2 Å². The SMILES string of the molecule is Cl.Cn1cc([C@H]2CNC[C@@H]2C(=O)Nc2ccc(-c3nn[nH]n3)cc2)cn1. The highest BCUT2D eigenvalue weighted by Crippen LogP contribution is 2.29. The molecule has 1 fully saturated rings. The number of aromatic nitrogens is 6. The van der Waals surface area contributed by atoms with Crippen LogP contribution < -0.4 is 10.6 Å². The number of carbonyl (C=O) groups is 1. The van der Waals surface area contributed by atoms with E-state index in [1.54, 1.807) is 4.68 Å². The summed E-state index contributed by atoms with van der Waals surface area (Å²) in [5.74, 6) is 0.536. The average molecular weight is 375 g/mol. The Bertz CT molecular complexity index is 861. The molecule has 0 unspecified atom stereocenters. The molecule has 4 rings (SSSR count). The van der Waals surface area contributed by atoms with Gasteiger partial charge in [0.15, 0.2) is 0 Å². The molecule has 1 aliphatic rings. The van der Waals surface area contributed by atoms with Gasteiger partial charge in [-0.1, -0.05) is 0 Å². The largest absolute Gasteiger partial charge is 0.326 e. The van der Waals surface area contributed by atoms with E-state index in [9.17, 15) is 4.79 Å². The Morgan fingerprint density at radius 3 is 2.73 bits per heavy atom. The normalized spacial score (nSPS) is 19.1. The molecule has 2 atom stereocenters. The molecule has 1 saturated heterocycles. The summed E-state index contributed by atoms with van der Waals surface area (Å²) in [7, 11) is 1.88. The maximum Gasteiger partial charge on any atom is 0.229 e. The predicted octanol–water partition coefficient (Wildman–Crippen LogP) is 0.964. The van der Waals surface area contributed by atoms with Gasteiger partial charge in [0.25, 0.3) is 0 Å². The van der Waals surface area contributed by atoms with Crippen LogP contribution in [0.2, 0.25) is 0 Å². The van der Waals surface area contributed by atoms with E-state index < -0.39 is 0 Å². The molecule has 1 amide bonds. The Kier molecular flexibility index (Phi) is 5.29. The summed E-state index contributed by atoms with van der Waals surface area (Å²) in [4.78, 5) is 12.7. The number of hydrogen-bond acceptors (Lipinski definition) is 6. The standard InChI is InChI=1S/C16H18N8O.ClH/c1-24-9-11(6-18-24)13-7-17-8-14(13)16(25)19-12-4-2-10(3-5-12)15-20-22-23-21-15;/h2-6,9,13-14,17H,7-8H2,1H3,(H,19,25)(H,20,21,22,23);1H/t13-,14+;/m1./s1. The van der Waals surface area contributed by atoms with Gasteiger partial charge in [-0.3, -0.25) is 9.48 Å². The first-order valence-corrected chi connectivity index (χ1v) is 8.05. The van der Waals surface area contributed by atoms with Crippen molar-refractivity contribution in [3.8, 4) is 11.4 Å². The van der Waals surface area contributed by atoms with Crippen LogP contribution in [0, 0.1) is 5.92 Å². The van der Waals surface area contributed by atoms with Gasteiger partial charge in [0.2, 0.25) is 11.7 Å². The Hall–Kier alpha value is -2.78. The molecule has 2 aromatic heterocycles. The van der Waals surface area contributed by atoms with Crippen LogP contribution in [0.15, 0.2) is 36.7 Å². The lowest BCUT2D eigenvalue weighted by molar-refractivity contribution is -0.119. The number of carbonyl (C=O) groups excluding carboxylic acids is 1. The minimum Gasteiger partial charge on any atom is -0.326 e. The van der Waals surface area contributed by atoms with Crippen molar-refractivity contribution in [1.29, 1.82) is 0 Å². The number of H-pyrrole nitrogens is 1. The summed E-state index contributed by atoms with van der Waals surface area (Å²) >= 11 is 0. The van der Waals surface area contributed by atoms with Crippen LogP contribution in [0.3, 0.4) is 0 Å². The molecule has 1 aliphatic heterocycles. The molecule has 0 bridgehead atoms. The summed E-state index contributed by atoms with van der Waals surface area (Å²) in [6.45, 7) is 1.44. The highest BCUT2D eigenvalue weighted by atomic mass is 35.5. The van der Waals surface area contributed by atoms with Crippen LogP contribution in [0.25, 0.3) is 11.4 Å². The first-order valence-electron chi connectivity index (χ1n) is 8.05. The lowest BCUT2D eigenvalue weighted by Crippen LogP contribution is -2.28. The van der Waals surface area contributed by atoms with E-state index >= 15 is 0 Å². The second kappa shape index (κ2) is 7.63. The number of benzene rings is 1. The van der Waals surface area contributed by atoms with Crippen molar-refractivity contribution in [2.24, 2.45) is 13.0 Å². The predicted molar refractivity (Wildman–Crippen MR) is 97.8 cm³/mol. The zero-order valence-corrected chi connectivity index (χ0v) is 14.9. The average Bonchev–Trinajstić information content (AvgIpc) is 3.36. The number of aromatic amines is 1. The van der Waals surface area contributed by atoms with Crippen LogP contribution in [-0.4, -0.2) is 49.4 Å². The third-order valence-electron chi connectivity index (χ3n) is 4.46. The summed E-state index contributed by atoms with van der Waals surface area (Å²) in [6.07, 6.45) is 3.80. The molecule has 3 aromatic rings. The molecular weight excluding hydrogens is 356 g/mol. The van der Waals surface area contributed by atoms with Gasteiger partial charge in [0.05, 0.1) is 12.1 Å². The second-order valence-corrected chi connectivity index (χ2v) is 6.12. The minimum absolute atomic E-state index is 0. The Morgan fingerprint density at radius 2 is 2.08 bits per heavy atom. The minimum atomic E-state index is -0.124. The van der Waals surface area contributed by atoms with Gasteiger partial charge >= 0.3 is 0 Å². The van der Waals surface area contributed by atoms with Gasteiger partial charge in [-0.25, -0.2) is 0 Å². The van der Waals surface area contributed by atoms with Crippen molar-refractivity contribution in [2.75, 3.05) is 18.4 Å². The molecule has 9 nitrogen and oxygen atoms in total. The lowest BCUT2D eigenvalue weighted by atomic mass is 9.90. The third-order valence-corrected chi connectivity index (χ3v) is 4.46. The summed E-state index contributed by atoms with van der Waals surface area (Å²) in [5.41, 5.74) is 2.66. The maximum absolute atomic E-state index is 12.7. The van der Waals surface area contributed by atoms with Gasteiger partial charge in [-0.05, 0) is 35.0 Å². The molecule has 3 heterocycles. The summed E-state index contributed by atoms with van der Waals surface area (Å²) < 4.78 is 1.76. The highest BCUT2D eigenvalue weighted by Gasteiger charge is 2.34. The lowest BCUT2D eigenvalue weighted by Gasteiger charge is -2.17. The van der Waals surface area contributed by atoms with Crippen molar-refractivity contribution >= 4 is 24.0 Å². The summed E-state index contributed by atoms with van der Waals surface area (Å²) in [5, 5.41) is 24.3. The number of tetrazole rings is 1. The number of aryl methyl sites for hydroxylation is 1. The molecular formula is C16H19ClN8O. The first kappa shape index (κ1) is 18.0. The van der Waals surface area contributed by atoms with Gasteiger partial charge < -0.3 is 10.6 Å². The van der Waals surface area contributed by atoms with Crippen molar-refractivity contribution in [3.63, 3.8) is 0 Å². The number of hydrogen-bond donors (Lipinski definition) is 3. The fraction of sp³-hybridized carbons (Fsp3) is 0.312. The number of rotatable bonds is 4. The zero-order chi connectivity index (χ0) is 17.2. The van der Waals surface area contributed by atoms with Crippen LogP contribution >= 0.6 is 12.4 Å². The molecule has 26 heavy (non-hydrogen) atoms. The van der Waals surface area contributed by atoms with Gasteiger partial charge in [-0.2, -0.15) is 10.3 Å². The quantitative estimate of drug-likeness (QED) is 0.627. The maximum atomic E-state index is 12.7. The van der Waals surface area contributed by atoms with Crippen LogP contribution in [0.4, 0.5) is 5.69 Å². The molecule has 0 aliphatic carbocycles.